The zero-order valence-corrected chi connectivity index (χ0v) is 60.7. The van der Waals surface area contributed by atoms with E-state index in [9.17, 15) is 10.2 Å². The molecule has 0 bridgehead atoms. The number of methoxy groups -OCH3 is 2. The van der Waals surface area contributed by atoms with Crippen LogP contribution >= 0.6 is 70.5 Å². The van der Waals surface area contributed by atoms with Crippen molar-refractivity contribution in [2.24, 2.45) is 0 Å². The van der Waals surface area contributed by atoms with Gasteiger partial charge in [0, 0.05) is 78.9 Å². The van der Waals surface area contributed by atoms with Crippen LogP contribution in [0.5, 0.6) is 23.0 Å². The maximum atomic E-state index is 15.8. The largest absolute Gasteiger partial charge is 0.507 e. The van der Waals surface area contributed by atoms with Gasteiger partial charge in [0.15, 0.2) is 0 Å². The van der Waals surface area contributed by atoms with Gasteiger partial charge in [0.25, 0.3) is 0 Å². The van der Waals surface area contributed by atoms with Crippen LogP contribution in [0.1, 0.15) is 7.43 Å². The second-order valence-corrected chi connectivity index (χ2v) is 30.2. The highest BCUT2D eigenvalue weighted by Crippen LogP contribution is 2.48. The summed E-state index contributed by atoms with van der Waals surface area (Å²) in [6, 6.07) is 97.9. The monoisotopic (exact) mass is 1580 g/mol. The van der Waals surface area contributed by atoms with E-state index in [1.807, 2.05) is 194 Å². The van der Waals surface area contributed by atoms with Crippen LogP contribution < -0.4 is 9.47 Å². The number of alkyl halides is 2. The highest BCUT2D eigenvalue weighted by molar-refractivity contribution is 9.69. The summed E-state index contributed by atoms with van der Waals surface area (Å²) in [5, 5.41) is 23.1. The van der Waals surface area contributed by atoms with Crippen molar-refractivity contribution in [2.45, 2.75) is 7.43 Å². The molecule has 0 heterocycles. The fourth-order valence-corrected chi connectivity index (χ4v) is 12.3. The maximum Gasteiger partial charge on any atom is 0.369 e. The summed E-state index contributed by atoms with van der Waals surface area (Å²) in [6.07, 6.45) is 0. The van der Waals surface area contributed by atoms with Gasteiger partial charge >= 0.3 is 3.18 Å². The molecule has 0 saturated carbocycles. The number of halogens is 9. The lowest BCUT2D eigenvalue weighted by atomic mass is 9.91. The molecular weight excluding hydrogens is 1520 g/mol. The van der Waals surface area contributed by atoms with E-state index in [4.69, 9.17) is 32.7 Å². The lowest BCUT2D eigenvalue weighted by Gasteiger charge is -2.18. The summed E-state index contributed by atoms with van der Waals surface area (Å²) in [6.45, 7) is 0. The average Bonchev–Trinajstić information content (AvgIpc) is 0.777. The predicted molar refractivity (Wildman–Crippen MR) is 430 cm³/mol. The van der Waals surface area contributed by atoms with Crippen molar-refractivity contribution in [3.8, 4) is 157 Å². The molecule has 0 aliphatic rings. The van der Waals surface area contributed by atoms with Gasteiger partial charge in [0.2, 0.25) is 0 Å². The van der Waals surface area contributed by atoms with Gasteiger partial charge in [-0.2, -0.15) is 0 Å². The van der Waals surface area contributed by atoms with Crippen molar-refractivity contribution in [3.05, 3.63) is 339 Å². The number of ether oxygens (including phenoxy) is 2. The van der Waals surface area contributed by atoms with Crippen molar-refractivity contribution in [3.63, 3.8) is 0 Å². The lowest BCUT2D eigenvalue weighted by Crippen LogP contribution is -1.98. The molecule has 14 heteroatoms. The molecule has 0 saturated heterocycles. The maximum absolute atomic E-state index is 15.8. The van der Waals surface area contributed by atoms with E-state index in [2.05, 4.69) is 95.8 Å². The first-order chi connectivity index (χ1) is 49.2. The summed E-state index contributed by atoms with van der Waals surface area (Å²) < 4.78 is 74.6. The average molecular weight is 1580 g/mol. The number of hydrogen-bond acceptors (Lipinski definition) is 4. The molecule has 102 heavy (non-hydrogen) atoms. The molecule has 0 aliphatic heterocycles. The van der Waals surface area contributed by atoms with E-state index in [0.29, 0.717) is 33.8 Å². The fourth-order valence-electron chi connectivity index (χ4n) is 12.3. The molecule has 0 fully saturated rings. The van der Waals surface area contributed by atoms with Crippen LogP contribution in [0.15, 0.2) is 315 Å². The van der Waals surface area contributed by atoms with Crippen LogP contribution in [-0.4, -0.2) is 33.0 Å². The molecule has 14 aromatic carbocycles. The number of aromatic hydroxyl groups is 2. The number of phenols is 2. The second-order valence-electron chi connectivity index (χ2n) is 22.9. The Bertz CT molecular complexity index is 4860. The van der Waals surface area contributed by atoms with Crippen LogP contribution in [0, 0.1) is 23.3 Å². The number of phenolic OH excluding ortho intramolecular Hbond substituents is 2. The molecule has 0 aromatic heterocycles. The predicted octanol–water partition coefficient (Wildman–Crippen LogP) is 27.6. The summed E-state index contributed by atoms with van der Waals surface area (Å²) in [4.78, 5) is 0. The topological polar surface area (TPSA) is 58.9 Å². The summed E-state index contributed by atoms with van der Waals surface area (Å²) in [5.74, 6) is -2.27. The molecule has 4 nitrogen and oxygen atoms in total. The smallest absolute Gasteiger partial charge is 0.369 e. The minimum absolute atomic E-state index is 0. The van der Waals surface area contributed by atoms with Gasteiger partial charge in [-0.05, 0) is 103 Å². The van der Waals surface area contributed by atoms with Gasteiger partial charge in [-0.25, -0.2) is 17.6 Å². The Labute approximate surface area is 628 Å². The van der Waals surface area contributed by atoms with Gasteiger partial charge in [-0.1, -0.05) is 274 Å². The lowest BCUT2D eigenvalue weighted by molar-refractivity contribution is 0.417. The Morgan fingerprint density at radius 3 is 0.725 bits per heavy atom. The van der Waals surface area contributed by atoms with Gasteiger partial charge < -0.3 is 19.7 Å². The number of rotatable bonds is 14. The van der Waals surface area contributed by atoms with Crippen molar-refractivity contribution >= 4 is 73.7 Å². The number of benzene rings is 14. The molecule has 0 radical (unpaired) electrons. The molecule has 14 rings (SSSR count). The zero-order valence-electron chi connectivity index (χ0n) is 54.4. The van der Waals surface area contributed by atoms with Crippen LogP contribution in [0.2, 0.25) is 0 Å². The van der Waals surface area contributed by atoms with E-state index in [-0.39, 0.29) is 60.8 Å². The van der Waals surface area contributed by atoms with Crippen LogP contribution in [0.3, 0.4) is 0 Å². The molecule has 0 spiro atoms. The van der Waals surface area contributed by atoms with Gasteiger partial charge in [0.1, 0.15) is 46.3 Å². The van der Waals surface area contributed by atoms with Crippen LogP contribution in [0.25, 0.3) is 134 Å². The number of para-hydroxylation sites is 4. The molecule has 0 aliphatic carbocycles. The van der Waals surface area contributed by atoms with Crippen molar-refractivity contribution in [2.75, 3.05) is 19.6 Å². The molecule has 0 amide bonds. The third-order valence-corrected chi connectivity index (χ3v) is 16.9. The second kappa shape index (κ2) is 35.6. The zero-order chi connectivity index (χ0) is 70.9. The first-order valence-electron chi connectivity index (χ1n) is 31.8. The quantitative estimate of drug-likeness (QED) is 0.0647. The molecular formula is C88H66BBr3Cl2F4O4. The van der Waals surface area contributed by atoms with E-state index in [1.54, 1.807) is 68.8 Å². The Hall–Kier alpha value is -9.92. The summed E-state index contributed by atoms with van der Waals surface area (Å²) in [5.41, 5.74) is 16.2. The van der Waals surface area contributed by atoms with Gasteiger partial charge in [0.05, 0.1) is 19.6 Å². The molecule has 508 valence electrons. The Morgan fingerprint density at radius 2 is 0.461 bits per heavy atom. The van der Waals surface area contributed by atoms with E-state index >= 15 is 17.6 Å². The van der Waals surface area contributed by atoms with Crippen LogP contribution in [-0.2, 0) is 0 Å². The van der Waals surface area contributed by atoms with Crippen molar-refractivity contribution < 1.29 is 37.2 Å². The highest BCUT2D eigenvalue weighted by atomic mass is 79.9. The molecule has 2 N–H and O–H groups in total. The Morgan fingerprint density at radius 1 is 0.265 bits per heavy atom. The minimum Gasteiger partial charge on any atom is -0.507 e. The summed E-state index contributed by atoms with van der Waals surface area (Å²) in [7, 11) is 3.14. The normalized spacial score (nSPS) is 10.5. The van der Waals surface area contributed by atoms with Crippen molar-refractivity contribution in [1.29, 1.82) is 0 Å². The molecule has 0 unspecified atom stereocenters. The first kappa shape index (κ1) is 74.8. The van der Waals surface area contributed by atoms with Crippen molar-refractivity contribution in [1.82, 2.24) is 0 Å². The van der Waals surface area contributed by atoms with Crippen LogP contribution in [0.4, 0.5) is 17.6 Å². The SMILES string of the molecule is BrB(Br)Br.C.COc1c(-c2cccc(-c3ccccc3)c2)cccc1-c1cc(-c2cccc(-c3cccc(-c4ccccc4)c3)c2OC)c(F)cc1F.ClCCl.Oc1c(-c2cccc(-c3ccccc3)c2)cccc1-c1cc(-c2cccc(-c3cccc(-c4ccccc4)c3)c2O)c(F)cc1F. The summed E-state index contributed by atoms with van der Waals surface area (Å²) >= 11 is 18.8. The molecule has 0 atom stereocenters. The van der Waals surface area contributed by atoms with E-state index < -0.39 is 23.3 Å². The number of hydrogen-bond donors (Lipinski definition) is 2. The fraction of sp³-hybridized carbons (Fsp3) is 0.0455. The van der Waals surface area contributed by atoms with Gasteiger partial charge in [-0.15, -0.1) is 70.5 Å². The standard InChI is InChI=1S/C44H32F2O2.C42H28F2O2.CH2Cl2.CH4.BBr3/c1-47-43-35(33-19-9-17-31(25-33)29-13-5-3-6-14-29)21-11-23-37(43)39-27-40(42(46)28-41(39)45)38-24-12-22-36(44(38)48-2)34-20-10-18-32(26-34)30-15-7-4-8-16-30;43-39-26-40(44)38(36-22-10-20-34(42(36)46)32-18-8-16-30(24-32)28-13-5-2-6-14-28)25-37(39)35-21-9-19-33(41(35)45)31-17-7-15-29(23-31)27-11-3-1-4-12-27;2-1-3;;2-1(3)4/h3-28H,1-2H3;1-26,45-46H;1H2;1H4;. The third-order valence-electron chi connectivity index (χ3n) is 16.9. The Balaban J connectivity index is 0.000000200. The third kappa shape index (κ3) is 17.5. The Kier molecular flexibility index (Phi) is 26.1. The highest BCUT2D eigenvalue weighted by Gasteiger charge is 2.24. The van der Waals surface area contributed by atoms with Gasteiger partial charge in [-0.3, -0.25) is 0 Å². The van der Waals surface area contributed by atoms with E-state index in [0.717, 1.165) is 90.0 Å². The minimum atomic E-state index is -0.821. The van der Waals surface area contributed by atoms with E-state index in [1.165, 1.54) is 6.07 Å². The first-order valence-corrected chi connectivity index (χ1v) is 35.6. The molecule has 14 aromatic rings.